The number of halogens is 2. The Balaban J connectivity index is 1.95. The van der Waals surface area contributed by atoms with Crippen LogP contribution in [0.2, 0.25) is 5.02 Å². The van der Waals surface area contributed by atoms with Crippen molar-refractivity contribution < 1.29 is 8.81 Å². The quantitative estimate of drug-likeness (QED) is 0.812. The van der Waals surface area contributed by atoms with Gasteiger partial charge in [-0.3, -0.25) is 0 Å². The highest BCUT2D eigenvalue weighted by atomic mass is 35.5. The van der Waals surface area contributed by atoms with Crippen LogP contribution in [0.25, 0.3) is 0 Å². The first-order chi connectivity index (χ1) is 9.06. The Morgan fingerprint density at radius 1 is 1.47 bits per heavy atom. The number of anilines is 2. The van der Waals surface area contributed by atoms with Gasteiger partial charge in [0.25, 0.3) is 0 Å². The number of benzene rings is 1. The number of furan rings is 1. The van der Waals surface area contributed by atoms with Crippen LogP contribution in [-0.2, 0) is 6.42 Å². The van der Waals surface area contributed by atoms with E-state index in [2.05, 4.69) is 5.32 Å². The van der Waals surface area contributed by atoms with E-state index in [1.54, 1.807) is 6.26 Å². The van der Waals surface area contributed by atoms with Crippen molar-refractivity contribution in [3.8, 4) is 0 Å². The number of aryl methyl sites for hydroxylation is 1. The van der Waals surface area contributed by atoms with Gasteiger partial charge in [-0.2, -0.15) is 0 Å². The van der Waals surface area contributed by atoms with E-state index < -0.39 is 5.82 Å². The van der Waals surface area contributed by atoms with Crippen LogP contribution in [0.15, 0.2) is 34.9 Å². The van der Waals surface area contributed by atoms with Gasteiger partial charge in [0.15, 0.2) is 0 Å². The van der Waals surface area contributed by atoms with E-state index in [9.17, 15) is 4.39 Å². The molecule has 2 aromatic rings. The van der Waals surface area contributed by atoms with Crippen molar-refractivity contribution in [3.05, 3.63) is 47.1 Å². The first kappa shape index (κ1) is 13.7. The van der Waals surface area contributed by atoms with Crippen LogP contribution in [0, 0.1) is 5.82 Å². The molecule has 1 atom stereocenters. The third-order valence-corrected chi connectivity index (χ3v) is 3.19. The average Bonchev–Trinajstić information content (AvgIpc) is 2.86. The molecule has 3 nitrogen and oxygen atoms in total. The van der Waals surface area contributed by atoms with Crippen molar-refractivity contribution in [2.75, 3.05) is 11.1 Å². The fourth-order valence-electron chi connectivity index (χ4n) is 1.84. The second kappa shape index (κ2) is 5.97. The summed E-state index contributed by atoms with van der Waals surface area (Å²) in [6, 6.07) is 6.72. The van der Waals surface area contributed by atoms with Crippen molar-refractivity contribution in [1.29, 1.82) is 0 Å². The Bertz CT molecular complexity index is 543. The Kier molecular flexibility index (Phi) is 4.32. The molecule has 1 aromatic carbocycles. The van der Waals surface area contributed by atoms with E-state index in [0.29, 0.717) is 11.4 Å². The predicted octanol–water partition coefficient (Wildman–Crippen LogP) is 4.09. The molecule has 0 saturated carbocycles. The molecule has 0 amide bonds. The predicted molar refractivity (Wildman–Crippen MR) is 75.9 cm³/mol. The van der Waals surface area contributed by atoms with E-state index in [1.807, 2.05) is 19.1 Å². The molecule has 0 saturated heterocycles. The first-order valence-electron chi connectivity index (χ1n) is 6.09. The van der Waals surface area contributed by atoms with Crippen LogP contribution in [-0.4, -0.2) is 6.04 Å². The molecule has 0 radical (unpaired) electrons. The lowest BCUT2D eigenvalue weighted by Gasteiger charge is -2.16. The third-order valence-electron chi connectivity index (χ3n) is 2.90. The lowest BCUT2D eigenvalue weighted by Crippen LogP contribution is -2.17. The first-order valence-corrected chi connectivity index (χ1v) is 6.47. The zero-order valence-corrected chi connectivity index (χ0v) is 11.4. The number of rotatable bonds is 5. The van der Waals surface area contributed by atoms with E-state index in [1.165, 1.54) is 12.1 Å². The van der Waals surface area contributed by atoms with Gasteiger partial charge in [-0.1, -0.05) is 11.6 Å². The van der Waals surface area contributed by atoms with Crippen LogP contribution in [0.3, 0.4) is 0 Å². The van der Waals surface area contributed by atoms with Crippen LogP contribution >= 0.6 is 11.6 Å². The monoisotopic (exact) mass is 282 g/mol. The van der Waals surface area contributed by atoms with Crippen molar-refractivity contribution in [2.45, 2.75) is 25.8 Å². The van der Waals surface area contributed by atoms with Crippen molar-refractivity contribution in [2.24, 2.45) is 0 Å². The summed E-state index contributed by atoms with van der Waals surface area (Å²) in [6.45, 7) is 2.03. The molecular weight excluding hydrogens is 267 g/mol. The molecule has 1 unspecified atom stereocenters. The molecule has 5 heteroatoms. The van der Waals surface area contributed by atoms with Crippen LogP contribution in [0.1, 0.15) is 19.1 Å². The minimum Gasteiger partial charge on any atom is -0.469 e. The topological polar surface area (TPSA) is 51.2 Å². The van der Waals surface area contributed by atoms with Gasteiger partial charge in [-0.15, -0.1) is 0 Å². The summed E-state index contributed by atoms with van der Waals surface area (Å²) in [5.74, 6) is 0.437. The summed E-state index contributed by atoms with van der Waals surface area (Å²) in [6.07, 6.45) is 3.36. The number of nitrogens with two attached hydrogens (primary N) is 1. The number of hydrogen-bond acceptors (Lipinski definition) is 3. The second-order valence-corrected chi connectivity index (χ2v) is 4.92. The zero-order chi connectivity index (χ0) is 13.8. The zero-order valence-electron chi connectivity index (χ0n) is 10.6. The SMILES string of the molecule is CC(CCc1ccco1)Nc1cc(Cl)c(F)cc1N. The molecule has 0 fully saturated rings. The Hall–Kier alpha value is -1.68. The van der Waals surface area contributed by atoms with E-state index in [-0.39, 0.29) is 11.1 Å². The van der Waals surface area contributed by atoms with Crippen LogP contribution < -0.4 is 11.1 Å². The lowest BCUT2D eigenvalue weighted by molar-refractivity contribution is 0.495. The largest absolute Gasteiger partial charge is 0.469 e. The normalized spacial score (nSPS) is 12.4. The second-order valence-electron chi connectivity index (χ2n) is 4.52. The van der Waals surface area contributed by atoms with E-state index in [0.717, 1.165) is 18.6 Å². The number of nitrogen functional groups attached to an aromatic ring is 1. The van der Waals surface area contributed by atoms with Gasteiger partial charge >= 0.3 is 0 Å². The molecule has 0 aliphatic carbocycles. The summed E-state index contributed by atoms with van der Waals surface area (Å²) in [5.41, 5.74) is 6.75. The van der Waals surface area contributed by atoms with Crippen molar-refractivity contribution in [1.82, 2.24) is 0 Å². The highest BCUT2D eigenvalue weighted by molar-refractivity contribution is 6.31. The molecule has 1 heterocycles. The molecule has 0 aliphatic rings. The minimum atomic E-state index is -0.507. The minimum absolute atomic E-state index is 0.0648. The molecule has 0 bridgehead atoms. The van der Waals surface area contributed by atoms with Gasteiger partial charge in [0, 0.05) is 18.5 Å². The summed E-state index contributed by atoms with van der Waals surface area (Å²) >= 11 is 5.74. The van der Waals surface area contributed by atoms with Gasteiger partial charge in [0.1, 0.15) is 11.6 Å². The van der Waals surface area contributed by atoms with E-state index >= 15 is 0 Å². The van der Waals surface area contributed by atoms with Gasteiger partial charge in [0.05, 0.1) is 22.7 Å². The summed E-state index contributed by atoms with van der Waals surface area (Å²) in [5, 5.41) is 3.29. The highest BCUT2D eigenvalue weighted by Gasteiger charge is 2.09. The van der Waals surface area contributed by atoms with Gasteiger partial charge in [-0.25, -0.2) is 4.39 Å². The maximum atomic E-state index is 13.2. The Morgan fingerprint density at radius 2 is 2.26 bits per heavy atom. The van der Waals surface area contributed by atoms with Gasteiger partial charge in [0.2, 0.25) is 0 Å². The summed E-state index contributed by atoms with van der Waals surface area (Å²) in [4.78, 5) is 0. The fourth-order valence-corrected chi connectivity index (χ4v) is 2.00. The Labute approximate surface area is 116 Å². The maximum Gasteiger partial charge on any atom is 0.143 e. The van der Waals surface area contributed by atoms with Gasteiger partial charge in [-0.05, 0) is 31.5 Å². The molecule has 1 aromatic heterocycles. The van der Waals surface area contributed by atoms with Crippen LogP contribution in [0.4, 0.5) is 15.8 Å². The summed E-state index contributed by atoms with van der Waals surface area (Å²) < 4.78 is 18.4. The highest BCUT2D eigenvalue weighted by Crippen LogP contribution is 2.27. The summed E-state index contributed by atoms with van der Waals surface area (Å²) in [7, 11) is 0. The molecular formula is C14H16ClFN2O. The smallest absolute Gasteiger partial charge is 0.143 e. The third kappa shape index (κ3) is 3.64. The molecule has 0 spiro atoms. The van der Waals surface area contributed by atoms with Crippen molar-refractivity contribution in [3.63, 3.8) is 0 Å². The maximum absolute atomic E-state index is 13.2. The van der Waals surface area contributed by atoms with E-state index in [4.69, 9.17) is 21.8 Å². The molecule has 0 aliphatic heterocycles. The molecule has 3 N–H and O–H groups in total. The standard InChI is InChI=1S/C14H16ClFN2O/c1-9(4-5-10-3-2-6-19-10)18-14-7-11(15)12(16)8-13(14)17/h2-3,6-9,18H,4-5,17H2,1H3. The molecule has 2 rings (SSSR count). The molecule has 102 valence electrons. The average molecular weight is 283 g/mol. The number of nitrogens with one attached hydrogen (secondary N) is 1. The fraction of sp³-hybridized carbons (Fsp3) is 0.286. The van der Waals surface area contributed by atoms with Gasteiger partial charge < -0.3 is 15.5 Å². The Morgan fingerprint density at radius 3 is 2.95 bits per heavy atom. The van der Waals surface area contributed by atoms with Crippen LogP contribution in [0.5, 0.6) is 0 Å². The van der Waals surface area contributed by atoms with Crippen molar-refractivity contribution >= 4 is 23.0 Å². The number of hydrogen-bond donors (Lipinski definition) is 2. The molecule has 19 heavy (non-hydrogen) atoms. The lowest BCUT2D eigenvalue weighted by atomic mass is 10.1.